The van der Waals surface area contributed by atoms with Crippen molar-refractivity contribution in [3.63, 3.8) is 0 Å². The Bertz CT molecular complexity index is 787. The quantitative estimate of drug-likeness (QED) is 0.655. The van der Waals surface area contributed by atoms with Crippen LogP contribution in [0.25, 0.3) is 0 Å². The van der Waals surface area contributed by atoms with Crippen LogP contribution in [0.1, 0.15) is 36.5 Å². The predicted octanol–water partition coefficient (Wildman–Crippen LogP) is 2.02. The minimum Gasteiger partial charge on any atom is -0.461 e. The number of carbonyl (C=O) groups is 2. The largest absolute Gasteiger partial charge is 0.461 e. The molecule has 4 atom stereocenters. The molecule has 0 amide bonds. The molecule has 138 valence electrons. The van der Waals surface area contributed by atoms with Crippen LogP contribution < -0.4 is 0 Å². The molecule has 1 heterocycles. The van der Waals surface area contributed by atoms with Gasteiger partial charge >= 0.3 is 11.9 Å². The van der Waals surface area contributed by atoms with Gasteiger partial charge in [0.05, 0.1) is 11.2 Å². The zero-order valence-corrected chi connectivity index (χ0v) is 14.9. The Morgan fingerprint density at radius 1 is 1.35 bits per heavy atom. The Hall–Kier alpha value is -2.18. The van der Waals surface area contributed by atoms with Gasteiger partial charge in [0.15, 0.2) is 5.41 Å². The number of fused-ring (bicyclic) bond motifs is 2. The van der Waals surface area contributed by atoms with Gasteiger partial charge in [-0.15, -0.1) is 0 Å². The molecule has 2 aliphatic carbocycles. The molecular formula is C20H22O6. The fourth-order valence-corrected chi connectivity index (χ4v) is 4.94. The lowest BCUT2D eigenvalue weighted by atomic mass is 9.43. The summed E-state index contributed by atoms with van der Waals surface area (Å²) in [4.78, 5) is 25.4. The number of benzene rings is 1. The second-order valence-electron chi connectivity index (χ2n) is 7.33. The first-order valence-electron chi connectivity index (χ1n) is 8.81. The van der Waals surface area contributed by atoms with Gasteiger partial charge in [0, 0.05) is 13.5 Å². The van der Waals surface area contributed by atoms with E-state index in [0.717, 1.165) is 5.57 Å². The van der Waals surface area contributed by atoms with E-state index < -0.39 is 34.7 Å². The van der Waals surface area contributed by atoms with Crippen molar-refractivity contribution in [3.05, 3.63) is 47.5 Å². The van der Waals surface area contributed by atoms with Crippen LogP contribution >= 0.6 is 0 Å². The molecule has 2 bridgehead atoms. The molecule has 4 unspecified atom stereocenters. The maximum Gasteiger partial charge on any atom is 0.338 e. The molecule has 6 nitrogen and oxygen atoms in total. The standard InChI is InChI=1S/C20H22O6/c1-13-15-9-6-10-18(23)11-20(15,24-2)19(18,17(22)26-13)12-25-16(21)14-7-4-3-5-8-14/h3-5,7-9,13,23H,6,10-12H2,1-2H3. The van der Waals surface area contributed by atoms with Crippen molar-refractivity contribution < 1.29 is 28.9 Å². The van der Waals surface area contributed by atoms with Gasteiger partial charge < -0.3 is 19.3 Å². The van der Waals surface area contributed by atoms with Crippen LogP contribution in [0.3, 0.4) is 0 Å². The maximum atomic E-state index is 13.0. The summed E-state index contributed by atoms with van der Waals surface area (Å²) < 4.78 is 16.8. The van der Waals surface area contributed by atoms with Gasteiger partial charge in [0.25, 0.3) is 0 Å². The van der Waals surface area contributed by atoms with Crippen LogP contribution in [-0.2, 0) is 19.0 Å². The average Bonchev–Trinajstić information content (AvgIpc) is 2.84. The van der Waals surface area contributed by atoms with Gasteiger partial charge in [0.1, 0.15) is 18.3 Å². The number of hydrogen-bond donors (Lipinski definition) is 1. The minimum atomic E-state index is -1.44. The highest BCUT2D eigenvalue weighted by molar-refractivity contribution is 5.91. The average molecular weight is 358 g/mol. The molecule has 4 rings (SSSR count). The van der Waals surface area contributed by atoms with Crippen molar-refractivity contribution in [2.75, 3.05) is 13.7 Å². The number of carbonyl (C=O) groups excluding carboxylic acids is 2. The van der Waals surface area contributed by atoms with E-state index in [1.165, 1.54) is 7.11 Å². The molecule has 1 saturated carbocycles. The number of allylic oxidation sites excluding steroid dienone is 1. The number of cyclic esters (lactones) is 1. The summed E-state index contributed by atoms with van der Waals surface area (Å²) in [6, 6.07) is 8.55. The topological polar surface area (TPSA) is 82.1 Å². The number of ether oxygens (including phenoxy) is 3. The summed E-state index contributed by atoms with van der Waals surface area (Å²) in [6.07, 6.45) is 2.87. The fourth-order valence-electron chi connectivity index (χ4n) is 4.94. The second-order valence-corrected chi connectivity index (χ2v) is 7.33. The highest BCUT2D eigenvalue weighted by Gasteiger charge is 2.83. The first-order chi connectivity index (χ1) is 12.4. The molecule has 2 fully saturated rings. The molecule has 1 aliphatic heterocycles. The summed E-state index contributed by atoms with van der Waals surface area (Å²) >= 11 is 0. The Balaban J connectivity index is 1.71. The lowest BCUT2D eigenvalue weighted by molar-refractivity contribution is -0.314. The third-order valence-corrected chi connectivity index (χ3v) is 6.26. The fraction of sp³-hybridized carbons (Fsp3) is 0.500. The monoisotopic (exact) mass is 358 g/mol. The zero-order valence-electron chi connectivity index (χ0n) is 14.9. The molecule has 1 N–H and O–H groups in total. The maximum absolute atomic E-state index is 13.0. The number of esters is 2. The molecule has 0 spiro atoms. The SMILES string of the molecule is COC12CC3(O)CCC=C1C(C)OC(=O)C32COC(=O)c1ccccc1. The Kier molecular flexibility index (Phi) is 3.75. The third-order valence-electron chi connectivity index (χ3n) is 6.26. The van der Waals surface area contributed by atoms with E-state index in [1.54, 1.807) is 37.3 Å². The highest BCUT2D eigenvalue weighted by atomic mass is 16.6. The third kappa shape index (κ3) is 1.94. The molecule has 0 radical (unpaired) electrons. The van der Waals surface area contributed by atoms with Crippen molar-refractivity contribution >= 4 is 11.9 Å². The van der Waals surface area contributed by atoms with Crippen LogP contribution in [0, 0.1) is 5.41 Å². The van der Waals surface area contributed by atoms with Crippen molar-refractivity contribution in [2.24, 2.45) is 5.41 Å². The van der Waals surface area contributed by atoms with Crippen molar-refractivity contribution in [3.8, 4) is 0 Å². The normalized spacial score (nSPS) is 37.7. The van der Waals surface area contributed by atoms with E-state index >= 15 is 0 Å². The first kappa shape index (κ1) is 17.2. The van der Waals surface area contributed by atoms with Gasteiger partial charge in [-0.3, -0.25) is 4.79 Å². The Morgan fingerprint density at radius 2 is 2.08 bits per heavy atom. The zero-order chi connectivity index (χ0) is 18.6. The van der Waals surface area contributed by atoms with Crippen LogP contribution in [0.2, 0.25) is 0 Å². The number of aliphatic hydroxyl groups is 1. The molecule has 0 aromatic heterocycles. The molecule has 1 aromatic rings. The van der Waals surface area contributed by atoms with Crippen molar-refractivity contribution in [1.29, 1.82) is 0 Å². The molecule has 6 heteroatoms. The summed E-state index contributed by atoms with van der Waals surface area (Å²) in [5.41, 5.74) is -2.52. The lowest BCUT2D eigenvalue weighted by Crippen LogP contribution is -2.82. The summed E-state index contributed by atoms with van der Waals surface area (Å²) in [5.74, 6) is -1.11. The minimum absolute atomic E-state index is 0.284. The summed E-state index contributed by atoms with van der Waals surface area (Å²) in [6.45, 7) is 1.51. The molecule has 3 aliphatic rings. The van der Waals surface area contributed by atoms with Crippen LogP contribution in [0.5, 0.6) is 0 Å². The summed E-state index contributed by atoms with van der Waals surface area (Å²) in [7, 11) is 1.53. The van der Waals surface area contributed by atoms with E-state index in [-0.39, 0.29) is 6.61 Å². The number of methoxy groups -OCH3 is 1. The Labute approximate surface area is 151 Å². The van der Waals surface area contributed by atoms with Crippen LogP contribution in [0.4, 0.5) is 0 Å². The van der Waals surface area contributed by atoms with Gasteiger partial charge in [-0.2, -0.15) is 0 Å². The van der Waals surface area contributed by atoms with E-state index in [4.69, 9.17) is 14.2 Å². The van der Waals surface area contributed by atoms with E-state index in [2.05, 4.69) is 0 Å². The van der Waals surface area contributed by atoms with Gasteiger partial charge in [0.2, 0.25) is 0 Å². The van der Waals surface area contributed by atoms with Gasteiger partial charge in [-0.05, 0) is 37.5 Å². The van der Waals surface area contributed by atoms with E-state index in [1.807, 2.05) is 6.08 Å². The van der Waals surface area contributed by atoms with Crippen molar-refractivity contribution in [1.82, 2.24) is 0 Å². The van der Waals surface area contributed by atoms with Gasteiger partial charge in [-0.25, -0.2) is 4.79 Å². The Morgan fingerprint density at radius 3 is 2.77 bits per heavy atom. The highest BCUT2D eigenvalue weighted by Crippen LogP contribution is 2.68. The molecule has 26 heavy (non-hydrogen) atoms. The second kappa shape index (κ2) is 5.66. The van der Waals surface area contributed by atoms with Crippen LogP contribution in [0.15, 0.2) is 42.0 Å². The van der Waals surface area contributed by atoms with E-state index in [9.17, 15) is 14.7 Å². The summed E-state index contributed by atoms with van der Waals surface area (Å²) in [5, 5.41) is 11.2. The lowest BCUT2D eigenvalue weighted by Gasteiger charge is -2.67. The number of hydrogen-bond acceptors (Lipinski definition) is 6. The number of rotatable bonds is 4. The molecule has 1 saturated heterocycles. The first-order valence-corrected chi connectivity index (χ1v) is 8.81. The van der Waals surface area contributed by atoms with Crippen molar-refractivity contribution in [2.45, 2.75) is 43.5 Å². The smallest absolute Gasteiger partial charge is 0.338 e. The van der Waals surface area contributed by atoms with Crippen LogP contribution in [-0.4, -0.2) is 48.1 Å². The van der Waals surface area contributed by atoms with E-state index in [0.29, 0.717) is 24.8 Å². The molecular weight excluding hydrogens is 336 g/mol. The molecule has 1 aromatic carbocycles. The predicted molar refractivity (Wildman–Crippen MR) is 91.3 cm³/mol. The van der Waals surface area contributed by atoms with Gasteiger partial charge in [-0.1, -0.05) is 24.3 Å².